The van der Waals surface area contributed by atoms with E-state index in [1.165, 1.54) is 0 Å². The van der Waals surface area contributed by atoms with Crippen LogP contribution in [0.1, 0.15) is 75.9 Å². The molecule has 2 aromatic rings. The number of rotatable bonds is 8. The zero-order valence-electron chi connectivity index (χ0n) is 22.2. The van der Waals surface area contributed by atoms with Crippen molar-refractivity contribution >= 4 is 5.82 Å². The minimum absolute atomic E-state index is 0.0914. The summed E-state index contributed by atoms with van der Waals surface area (Å²) in [5, 5.41) is 16.6. The minimum atomic E-state index is -2.34. The minimum Gasteiger partial charge on any atom is -0.376 e. The van der Waals surface area contributed by atoms with Crippen LogP contribution in [0.4, 0.5) is 14.6 Å². The van der Waals surface area contributed by atoms with Crippen LogP contribution in [0.3, 0.4) is 0 Å². The van der Waals surface area contributed by atoms with Gasteiger partial charge < -0.3 is 19.7 Å². The zero-order valence-corrected chi connectivity index (χ0v) is 22.2. The molecule has 2 aliphatic carbocycles. The molecule has 0 aromatic carbocycles. The maximum absolute atomic E-state index is 14.5. The third-order valence-electron chi connectivity index (χ3n) is 8.92. The van der Waals surface area contributed by atoms with Crippen LogP contribution in [0.2, 0.25) is 0 Å². The van der Waals surface area contributed by atoms with E-state index in [0.717, 1.165) is 62.5 Å². The van der Waals surface area contributed by atoms with Crippen molar-refractivity contribution in [1.29, 1.82) is 0 Å². The lowest BCUT2D eigenvalue weighted by molar-refractivity contribution is -0.180. The average Bonchev–Trinajstić information content (AvgIpc) is 3.70. The first-order valence-corrected chi connectivity index (χ1v) is 14.3. The number of aryl methyl sites for hydroxylation is 1. The highest BCUT2D eigenvalue weighted by atomic mass is 19.3. The van der Waals surface area contributed by atoms with Crippen molar-refractivity contribution in [2.24, 2.45) is 5.41 Å². The molecule has 11 heteroatoms. The number of alkyl halides is 2. The molecule has 0 amide bonds. The second kappa shape index (κ2) is 10.7. The van der Waals surface area contributed by atoms with Crippen LogP contribution in [-0.2, 0) is 15.9 Å². The number of nitrogens with zero attached hydrogens (tertiary/aromatic N) is 6. The molecule has 0 bridgehead atoms. The van der Waals surface area contributed by atoms with Crippen molar-refractivity contribution in [3.05, 3.63) is 23.9 Å². The van der Waals surface area contributed by atoms with Crippen LogP contribution in [0, 0.1) is 5.41 Å². The molecule has 2 saturated heterocycles. The molecule has 2 aliphatic heterocycles. The topological polar surface area (TPSA) is 90.2 Å². The van der Waals surface area contributed by atoms with E-state index < -0.39 is 11.8 Å². The van der Waals surface area contributed by atoms with Gasteiger partial charge in [0.05, 0.1) is 37.3 Å². The highest BCUT2D eigenvalue weighted by Gasteiger charge is 2.46. The number of hydrogen-bond acceptors (Lipinski definition) is 8. The summed E-state index contributed by atoms with van der Waals surface area (Å²) in [4.78, 5) is 6.93. The third kappa shape index (κ3) is 5.42. The first kappa shape index (κ1) is 26.0. The molecular formula is C27H39F2N7O2. The highest BCUT2D eigenvalue weighted by Crippen LogP contribution is 2.44. The fourth-order valence-corrected chi connectivity index (χ4v) is 6.32. The van der Waals surface area contributed by atoms with Crippen molar-refractivity contribution < 1.29 is 18.3 Å². The first-order chi connectivity index (χ1) is 18.5. The number of anilines is 1. The van der Waals surface area contributed by atoms with Gasteiger partial charge in [-0.25, -0.2) is 18.4 Å². The second-order valence-corrected chi connectivity index (χ2v) is 11.7. The van der Waals surface area contributed by atoms with E-state index in [-0.39, 0.29) is 11.6 Å². The summed E-state index contributed by atoms with van der Waals surface area (Å²) >= 11 is 0. The fraction of sp³-hybridized carbons (Fsp3) is 0.778. The number of halogens is 2. The Hall–Kier alpha value is -2.24. The van der Waals surface area contributed by atoms with Gasteiger partial charge in [-0.05, 0) is 51.4 Å². The lowest BCUT2D eigenvalue weighted by atomic mass is 9.72. The van der Waals surface area contributed by atoms with Crippen molar-refractivity contribution in [3.63, 3.8) is 0 Å². The van der Waals surface area contributed by atoms with Gasteiger partial charge >= 0.3 is 0 Å². The maximum atomic E-state index is 14.5. The summed E-state index contributed by atoms with van der Waals surface area (Å²) in [6.07, 6.45) is 6.47. The summed E-state index contributed by atoms with van der Waals surface area (Å²) < 4.78 is 42.5. The lowest BCUT2D eigenvalue weighted by Crippen LogP contribution is -2.54. The Bertz CT molecular complexity index is 1080. The molecule has 4 fully saturated rings. The molecule has 1 N–H and O–H groups in total. The van der Waals surface area contributed by atoms with Crippen LogP contribution < -0.4 is 5.32 Å². The molecule has 2 saturated carbocycles. The van der Waals surface area contributed by atoms with Gasteiger partial charge in [0, 0.05) is 49.5 Å². The summed E-state index contributed by atoms with van der Waals surface area (Å²) in [6.45, 7) is 5.96. The van der Waals surface area contributed by atoms with E-state index in [1.54, 1.807) is 6.20 Å². The van der Waals surface area contributed by atoms with E-state index in [2.05, 4.69) is 32.4 Å². The van der Waals surface area contributed by atoms with Crippen LogP contribution in [0.25, 0.3) is 5.69 Å². The van der Waals surface area contributed by atoms with Crippen LogP contribution in [-0.4, -0.2) is 87.4 Å². The van der Waals surface area contributed by atoms with Gasteiger partial charge in [-0.15, -0.1) is 5.10 Å². The van der Waals surface area contributed by atoms with Gasteiger partial charge in [-0.1, -0.05) is 6.92 Å². The fourth-order valence-electron chi connectivity index (χ4n) is 6.32. The molecule has 9 nitrogen and oxygen atoms in total. The summed E-state index contributed by atoms with van der Waals surface area (Å²) in [5.74, 6) is 2.94. The highest BCUT2D eigenvalue weighted by molar-refractivity contribution is 5.44. The molecule has 4 heterocycles. The molecule has 4 aliphatic rings. The van der Waals surface area contributed by atoms with Gasteiger partial charge in [-0.2, -0.15) is 10.2 Å². The Balaban J connectivity index is 1.07. The largest absolute Gasteiger partial charge is 0.376 e. The van der Waals surface area contributed by atoms with E-state index in [9.17, 15) is 8.78 Å². The van der Waals surface area contributed by atoms with Crippen LogP contribution in [0.15, 0.2) is 12.3 Å². The van der Waals surface area contributed by atoms with E-state index in [4.69, 9.17) is 14.5 Å². The molecule has 0 atom stereocenters. The molecule has 2 aromatic heterocycles. The molecule has 6 rings (SSSR count). The normalized spacial score (nSPS) is 28.2. The third-order valence-corrected chi connectivity index (χ3v) is 8.92. The SMILES string of the molecule is CCc1nc(C2CC2)n(-c2cnnc(NC3CCC(CN4CCC5(CC4)COCCO5)(C(F)F)CC3)c2)n1. The number of aromatic nitrogens is 5. The molecular weight excluding hydrogens is 492 g/mol. The molecule has 0 unspecified atom stereocenters. The lowest BCUT2D eigenvalue weighted by Gasteiger charge is -2.47. The van der Waals surface area contributed by atoms with E-state index >= 15 is 0 Å². The number of likely N-dealkylation sites (tertiary alicyclic amines) is 1. The number of piperidine rings is 1. The number of hydrogen-bond donors (Lipinski definition) is 1. The van der Waals surface area contributed by atoms with Gasteiger partial charge in [-0.3, -0.25) is 0 Å². The van der Waals surface area contributed by atoms with E-state index in [0.29, 0.717) is 63.8 Å². The van der Waals surface area contributed by atoms with Crippen LogP contribution in [0.5, 0.6) is 0 Å². The Morgan fingerprint density at radius 3 is 2.55 bits per heavy atom. The monoisotopic (exact) mass is 531 g/mol. The Kier molecular flexibility index (Phi) is 7.34. The van der Waals surface area contributed by atoms with Gasteiger partial charge in [0.2, 0.25) is 6.43 Å². The van der Waals surface area contributed by atoms with Gasteiger partial charge in [0.1, 0.15) is 5.82 Å². The second-order valence-electron chi connectivity index (χ2n) is 11.7. The van der Waals surface area contributed by atoms with Crippen molar-refractivity contribution in [3.8, 4) is 5.69 Å². The summed E-state index contributed by atoms with van der Waals surface area (Å²) in [5.41, 5.74) is -0.339. The summed E-state index contributed by atoms with van der Waals surface area (Å²) in [7, 11) is 0. The Labute approximate surface area is 222 Å². The van der Waals surface area contributed by atoms with E-state index in [1.807, 2.05) is 10.7 Å². The van der Waals surface area contributed by atoms with Crippen molar-refractivity contribution in [2.75, 3.05) is 44.8 Å². The molecule has 38 heavy (non-hydrogen) atoms. The maximum Gasteiger partial charge on any atom is 0.245 e. The predicted molar refractivity (Wildman–Crippen MR) is 138 cm³/mol. The molecule has 208 valence electrons. The Morgan fingerprint density at radius 1 is 1.11 bits per heavy atom. The zero-order chi connectivity index (χ0) is 26.2. The van der Waals surface area contributed by atoms with Gasteiger partial charge in [0.15, 0.2) is 11.6 Å². The quantitative estimate of drug-likeness (QED) is 0.547. The smallest absolute Gasteiger partial charge is 0.245 e. The molecule has 0 radical (unpaired) electrons. The number of ether oxygens (including phenoxy) is 2. The predicted octanol–water partition coefficient (Wildman–Crippen LogP) is 3.98. The molecule has 1 spiro atoms. The van der Waals surface area contributed by atoms with Crippen LogP contribution >= 0.6 is 0 Å². The number of nitrogens with one attached hydrogen (secondary N) is 1. The van der Waals surface area contributed by atoms with Crippen molar-refractivity contribution in [1.82, 2.24) is 29.9 Å². The van der Waals surface area contributed by atoms with Crippen molar-refractivity contribution in [2.45, 2.75) is 88.7 Å². The Morgan fingerprint density at radius 2 is 1.89 bits per heavy atom. The average molecular weight is 532 g/mol. The van der Waals surface area contributed by atoms with Gasteiger partial charge in [0.25, 0.3) is 0 Å². The summed E-state index contributed by atoms with van der Waals surface area (Å²) in [6, 6.07) is 2.04. The first-order valence-electron chi connectivity index (χ1n) is 14.3. The standard InChI is InChI=1S/C27H39F2N7O2/c1-2-22-32-24(19-3-4-19)36(34-22)21-15-23(33-30-16-21)31-20-5-7-26(8-6-20,25(28)29)17-35-11-9-27(10-12-35)18-37-13-14-38-27/h15-16,19-20,25H,2-14,17-18H2,1H3,(H,31,33).